The highest BCUT2D eigenvalue weighted by Crippen LogP contribution is 2.36. The monoisotopic (exact) mass is 478 g/mol. The van der Waals surface area contributed by atoms with Gasteiger partial charge in [-0.25, -0.2) is 0 Å². The molecule has 1 fully saturated rings. The maximum Gasteiger partial charge on any atom is 0.191 e. The molecule has 180 valence electrons. The summed E-state index contributed by atoms with van der Waals surface area (Å²) in [6.45, 7) is 2.60. The number of aromatic nitrogens is 3. The van der Waals surface area contributed by atoms with Crippen LogP contribution in [0.1, 0.15) is 49.3 Å². The summed E-state index contributed by atoms with van der Waals surface area (Å²) in [5, 5.41) is 21.0. The molecule has 5 rings (SSSR count). The van der Waals surface area contributed by atoms with E-state index in [0.29, 0.717) is 18.3 Å². The van der Waals surface area contributed by atoms with Crippen molar-refractivity contribution < 1.29 is 9.84 Å². The average Bonchev–Trinajstić information content (AvgIpc) is 3.32. The lowest BCUT2D eigenvalue weighted by Gasteiger charge is -2.30. The third kappa shape index (κ3) is 5.32. The third-order valence-corrected chi connectivity index (χ3v) is 8.12. The van der Waals surface area contributed by atoms with Gasteiger partial charge in [-0.2, -0.15) is 0 Å². The molecule has 2 heterocycles. The maximum atomic E-state index is 10.9. The molecule has 1 N–H and O–H groups in total. The average molecular weight is 479 g/mol. The molecule has 3 aromatic rings. The van der Waals surface area contributed by atoms with Gasteiger partial charge >= 0.3 is 0 Å². The molecule has 0 amide bonds. The van der Waals surface area contributed by atoms with Crippen molar-refractivity contribution in [2.45, 2.75) is 62.4 Å². The summed E-state index contributed by atoms with van der Waals surface area (Å²) in [5.74, 6) is 2.37. The predicted octanol–water partition coefficient (Wildman–Crippen LogP) is 4.97. The first-order valence-electron chi connectivity index (χ1n) is 12.4. The van der Waals surface area contributed by atoms with Gasteiger partial charge in [-0.1, -0.05) is 55.3 Å². The summed E-state index contributed by atoms with van der Waals surface area (Å²) < 4.78 is 7.65. The van der Waals surface area contributed by atoms with Crippen LogP contribution in [0.4, 0.5) is 0 Å². The largest absolute Gasteiger partial charge is 0.497 e. The number of methoxy groups -OCH3 is 1. The zero-order valence-electron chi connectivity index (χ0n) is 19.9. The second-order valence-electron chi connectivity index (χ2n) is 9.42. The van der Waals surface area contributed by atoms with Crippen LogP contribution in [0.25, 0.3) is 11.4 Å². The van der Waals surface area contributed by atoms with Crippen molar-refractivity contribution in [2.24, 2.45) is 0 Å². The smallest absolute Gasteiger partial charge is 0.191 e. The van der Waals surface area contributed by atoms with Crippen molar-refractivity contribution in [3.63, 3.8) is 0 Å². The fourth-order valence-corrected chi connectivity index (χ4v) is 6.13. The number of hydrogen-bond donors (Lipinski definition) is 1. The molecule has 1 aliphatic carbocycles. The fraction of sp³-hybridized carbons (Fsp3) is 0.481. The van der Waals surface area contributed by atoms with E-state index in [1.807, 2.05) is 12.1 Å². The number of aliphatic hydroxyl groups excluding tert-OH is 1. The second kappa shape index (κ2) is 10.9. The Morgan fingerprint density at radius 2 is 1.79 bits per heavy atom. The predicted molar refractivity (Wildman–Crippen MR) is 136 cm³/mol. The van der Waals surface area contributed by atoms with Crippen molar-refractivity contribution >= 4 is 11.8 Å². The van der Waals surface area contributed by atoms with E-state index in [2.05, 4.69) is 56.1 Å². The van der Waals surface area contributed by atoms with Crippen LogP contribution in [-0.4, -0.2) is 56.8 Å². The van der Waals surface area contributed by atoms with Gasteiger partial charge in [-0.05, 0) is 54.7 Å². The molecule has 0 spiro atoms. The van der Waals surface area contributed by atoms with Gasteiger partial charge in [0, 0.05) is 37.0 Å². The van der Waals surface area contributed by atoms with Gasteiger partial charge in [-0.15, -0.1) is 10.2 Å². The van der Waals surface area contributed by atoms with Crippen LogP contribution in [0.5, 0.6) is 5.75 Å². The molecule has 1 saturated carbocycles. The lowest BCUT2D eigenvalue weighted by Crippen LogP contribution is -2.37. The topological polar surface area (TPSA) is 63.4 Å². The summed E-state index contributed by atoms with van der Waals surface area (Å²) in [7, 11) is 1.68. The molecule has 2 aliphatic rings. The molecule has 0 bridgehead atoms. The quantitative estimate of drug-likeness (QED) is 0.461. The number of aliphatic hydroxyl groups is 1. The molecule has 1 unspecified atom stereocenters. The molecule has 1 atom stereocenters. The van der Waals surface area contributed by atoms with Crippen molar-refractivity contribution in [3.05, 3.63) is 59.7 Å². The highest BCUT2D eigenvalue weighted by molar-refractivity contribution is 7.99. The van der Waals surface area contributed by atoms with E-state index in [-0.39, 0.29) is 0 Å². The number of β-amino-alcohol motifs (C(OH)–C–C–N with tert-alkyl or cyclic N) is 1. The SMILES string of the molecule is COc1ccc(-c2nnc(SCC(O)CN3CCc4ccccc4C3)n2C2CCCCC2)cc1. The lowest BCUT2D eigenvalue weighted by atomic mass is 9.95. The summed E-state index contributed by atoms with van der Waals surface area (Å²) in [4.78, 5) is 2.36. The Labute approximate surface area is 206 Å². The van der Waals surface area contributed by atoms with Crippen LogP contribution in [0.15, 0.2) is 53.7 Å². The van der Waals surface area contributed by atoms with Gasteiger partial charge in [-0.3, -0.25) is 9.47 Å². The summed E-state index contributed by atoms with van der Waals surface area (Å²) in [6.07, 6.45) is 6.75. The molecule has 2 aromatic carbocycles. The van der Waals surface area contributed by atoms with E-state index in [4.69, 9.17) is 4.74 Å². The Morgan fingerprint density at radius 3 is 2.56 bits per heavy atom. The summed E-state index contributed by atoms with van der Waals surface area (Å²) in [6, 6.07) is 17.1. The molecule has 34 heavy (non-hydrogen) atoms. The van der Waals surface area contributed by atoms with E-state index in [1.54, 1.807) is 18.9 Å². The van der Waals surface area contributed by atoms with Crippen molar-refractivity contribution in [1.82, 2.24) is 19.7 Å². The zero-order valence-corrected chi connectivity index (χ0v) is 20.7. The van der Waals surface area contributed by atoms with Crippen molar-refractivity contribution in [1.29, 1.82) is 0 Å². The Bertz CT molecular complexity index is 1080. The summed E-state index contributed by atoms with van der Waals surface area (Å²) in [5.41, 5.74) is 3.88. The number of ether oxygens (including phenoxy) is 1. The molecular formula is C27H34N4O2S. The fourth-order valence-electron chi connectivity index (χ4n) is 5.21. The van der Waals surface area contributed by atoms with Crippen LogP contribution in [0.2, 0.25) is 0 Å². The third-order valence-electron chi connectivity index (χ3n) is 7.04. The molecular weight excluding hydrogens is 444 g/mol. The Hall–Kier alpha value is -2.35. The van der Waals surface area contributed by atoms with E-state index in [9.17, 15) is 5.11 Å². The molecule has 0 radical (unpaired) electrons. The highest BCUT2D eigenvalue weighted by atomic mass is 32.2. The molecule has 7 heteroatoms. The first kappa shape index (κ1) is 23.4. The molecule has 6 nitrogen and oxygen atoms in total. The minimum Gasteiger partial charge on any atom is -0.497 e. The van der Waals surface area contributed by atoms with Gasteiger partial charge in [0.25, 0.3) is 0 Å². The maximum absolute atomic E-state index is 10.9. The van der Waals surface area contributed by atoms with Crippen LogP contribution in [0, 0.1) is 0 Å². The minimum absolute atomic E-state index is 0.406. The number of thioether (sulfide) groups is 1. The standard InChI is InChI=1S/C27H34N4O2S/c1-33-25-13-11-21(12-14-25)26-28-29-27(31(26)23-9-3-2-4-10-23)34-19-24(32)18-30-16-15-20-7-5-6-8-22(20)17-30/h5-8,11-14,23-24,32H,2-4,9-10,15-19H2,1H3. The Morgan fingerprint density at radius 1 is 1.03 bits per heavy atom. The summed E-state index contributed by atoms with van der Waals surface area (Å²) >= 11 is 1.63. The number of benzene rings is 2. The first-order chi connectivity index (χ1) is 16.7. The molecule has 1 aromatic heterocycles. The number of fused-ring (bicyclic) bond motifs is 1. The Balaban J connectivity index is 1.27. The normalized spacial score (nSPS) is 17.9. The first-order valence-corrected chi connectivity index (χ1v) is 13.4. The minimum atomic E-state index is -0.406. The number of hydrogen-bond acceptors (Lipinski definition) is 6. The number of rotatable bonds is 8. The molecule has 0 saturated heterocycles. The van der Waals surface area contributed by atoms with Crippen molar-refractivity contribution in [2.75, 3.05) is 26.0 Å². The van der Waals surface area contributed by atoms with E-state index in [0.717, 1.165) is 54.6 Å². The second-order valence-corrected chi connectivity index (χ2v) is 10.4. The van der Waals surface area contributed by atoms with E-state index < -0.39 is 6.10 Å². The van der Waals surface area contributed by atoms with Gasteiger partial charge in [0.2, 0.25) is 0 Å². The van der Waals surface area contributed by atoms with Crippen LogP contribution in [0.3, 0.4) is 0 Å². The van der Waals surface area contributed by atoms with Crippen LogP contribution in [-0.2, 0) is 13.0 Å². The van der Waals surface area contributed by atoms with Crippen LogP contribution >= 0.6 is 11.8 Å². The highest BCUT2D eigenvalue weighted by Gasteiger charge is 2.25. The van der Waals surface area contributed by atoms with Gasteiger partial charge < -0.3 is 9.84 Å². The van der Waals surface area contributed by atoms with Gasteiger partial charge in [0.1, 0.15) is 5.75 Å². The van der Waals surface area contributed by atoms with E-state index >= 15 is 0 Å². The lowest BCUT2D eigenvalue weighted by molar-refractivity contribution is 0.122. The van der Waals surface area contributed by atoms with Gasteiger partial charge in [0.05, 0.1) is 13.2 Å². The van der Waals surface area contributed by atoms with Crippen LogP contribution < -0.4 is 4.74 Å². The van der Waals surface area contributed by atoms with E-state index in [1.165, 1.54) is 30.4 Å². The number of nitrogens with zero attached hydrogens (tertiary/aromatic N) is 4. The zero-order chi connectivity index (χ0) is 23.3. The molecule has 1 aliphatic heterocycles. The van der Waals surface area contributed by atoms with Crippen molar-refractivity contribution in [3.8, 4) is 17.1 Å². The Kier molecular flexibility index (Phi) is 7.52. The van der Waals surface area contributed by atoms with Gasteiger partial charge in [0.15, 0.2) is 11.0 Å².